The Bertz CT molecular complexity index is 1100. The first-order chi connectivity index (χ1) is 17.1. The monoisotopic (exact) mass is 504 g/mol. The molecule has 0 bridgehead atoms. The van der Waals surface area contributed by atoms with Crippen LogP contribution in [0.15, 0.2) is 100 Å². The summed E-state index contributed by atoms with van der Waals surface area (Å²) >= 11 is 0. The van der Waals surface area contributed by atoms with Gasteiger partial charge in [0.05, 0.1) is 5.60 Å². The molecule has 0 saturated heterocycles. The molecular formula is C33H44O4. The van der Waals surface area contributed by atoms with Gasteiger partial charge in [0.25, 0.3) is 0 Å². The summed E-state index contributed by atoms with van der Waals surface area (Å²) in [5, 5.41) is 11.1. The number of esters is 1. The third kappa shape index (κ3) is 12.1. The van der Waals surface area contributed by atoms with Gasteiger partial charge in [-0.1, -0.05) is 85.8 Å². The van der Waals surface area contributed by atoms with E-state index in [0.29, 0.717) is 12.8 Å². The van der Waals surface area contributed by atoms with Gasteiger partial charge >= 0.3 is 5.97 Å². The minimum Gasteiger partial charge on any atom is -0.462 e. The van der Waals surface area contributed by atoms with Crippen molar-refractivity contribution < 1.29 is 19.4 Å². The van der Waals surface area contributed by atoms with E-state index in [0.717, 1.165) is 27.9 Å². The number of ketones is 1. The zero-order valence-electron chi connectivity index (χ0n) is 24.0. The van der Waals surface area contributed by atoms with Crippen LogP contribution in [0.3, 0.4) is 0 Å². The molecular weight excluding hydrogens is 460 g/mol. The van der Waals surface area contributed by atoms with Gasteiger partial charge in [-0.2, -0.15) is 0 Å². The Hall–Kier alpha value is -3.20. The minimum atomic E-state index is -1.09. The molecule has 0 aliphatic heterocycles. The van der Waals surface area contributed by atoms with Gasteiger partial charge < -0.3 is 9.84 Å². The molecule has 4 heteroatoms. The number of carbonyl (C=O) groups excluding carboxylic acids is 2. The second-order valence-corrected chi connectivity index (χ2v) is 10.7. The summed E-state index contributed by atoms with van der Waals surface area (Å²) in [6.07, 6.45) is 22.3. The first-order valence-corrected chi connectivity index (χ1v) is 12.7. The first kappa shape index (κ1) is 31.8. The third-order valence-corrected chi connectivity index (χ3v) is 6.16. The molecule has 0 spiro atoms. The summed E-state index contributed by atoms with van der Waals surface area (Å²) in [6.45, 7) is 16.7. The number of carbonyl (C=O) groups is 2. The topological polar surface area (TPSA) is 63.6 Å². The number of rotatable bonds is 9. The maximum absolute atomic E-state index is 11.4. The molecule has 1 aliphatic carbocycles. The van der Waals surface area contributed by atoms with E-state index < -0.39 is 5.60 Å². The molecule has 1 aliphatic rings. The van der Waals surface area contributed by atoms with Crippen molar-refractivity contribution in [2.45, 2.75) is 86.9 Å². The molecule has 2 atom stereocenters. The van der Waals surface area contributed by atoms with Gasteiger partial charge in [-0.05, 0) is 70.6 Å². The van der Waals surface area contributed by atoms with Crippen LogP contribution in [0.4, 0.5) is 0 Å². The fourth-order valence-corrected chi connectivity index (χ4v) is 4.26. The number of hydrogen-bond donors (Lipinski definition) is 1. The Morgan fingerprint density at radius 3 is 1.81 bits per heavy atom. The highest BCUT2D eigenvalue weighted by molar-refractivity contribution is 5.92. The second-order valence-electron chi connectivity index (χ2n) is 10.7. The van der Waals surface area contributed by atoms with Crippen LogP contribution in [0, 0.1) is 5.41 Å². The van der Waals surface area contributed by atoms with E-state index in [1.54, 1.807) is 13.8 Å². The standard InChI is InChI=1S/C33H44O4/c1-24(14-10-11-15-25(2)18-13-19-27(4)28(5)34)16-12-17-26(3)20-21-31-32(7,8)22-30(37-29(6)35)23-33(31,9)36/h10-20,30,36H,22-23H2,1-9H3/b11-10+,16-12+,18-13+,24-14+,25-15+,26-17+,27-19+. The average Bonchev–Trinajstić information content (AvgIpc) is 2.74. The van der Waals surface area contributed by atoms with Gasteiger partial charge in [0.15, 0.2) is 5.78 Å². The summed E-state index contributed by atoms with van der Waals surface area (Å²) in [5.74, 6) is -0.242. The summed E-state index contributed by atoms with van der Waals surface area (Å²) in [7, 11) is 0. The van der Waals surface area contributed by atoms with Gasteiger partial charge in [-0.3, -0.25) is 9.59 Å². The highest BCUT2D eigenvalue weighted by Gasteiger charge is 2.46. The van der Waals surface area contributed by atoms with E-state index >= 15 is 0 Å². The zero-order valence-corrected chi connectivity index (χ0v) is 24.0. The number of hydrogen-bond acceptors (Lipinski definition) is 4. The molecule has 1 fully saturated rings. The van der Waals surface area contributed by atoms with Crippen molar-refractivity contribution in [3.63, 3.8) is 0 Å². The van der Waals surface area contributed by atoms with Crippen molar-refractivity contribution in [3.8, 4) is 0 Å². The number of allylic oxidation sites excluding steroid dienone is 14. The van der Waals surface area contributed by atoms with Crippen molar-refractivity contribution in [2.75, 3.05) is 0 Å². The van der Waals surface area contributed by atoms with E-state index in [4.69, 9.17) is 4.74 Å². The lowest BCUT2D eigenvalue weighted by Gasteiger charge is -2.44. The van der Waals surface area contributed by atoms with Crippen LogP contribution < -0.4 is 0 Å². The Labute approximate surface area is 223 Å². The normalized spacial score (nSPS) is 23.6. The van der Waals surface area contributed by atoms with Crippen LogP contribution in [-0.2, 0) is 14.3 Å². The molecule has 1 rings (SSSR count). The Kier molecular flexibility index (Phi) is 12.5. The molecule has 0 radical (unpaired) electrons. The minimum absolute atomic E-state index is 0.0786. The molecule has 1 N–H and O–H groups in total. The highest BCUT2D eigenvalue weighted by Crippen LogP contribution is 2.46. The number of aliphatic hydroxyl groups is 1. The third-order valence-electron chi connectivity index (χ3n) is 6.16. The molecule has 37 heavy (non-hydrogen) atoms. The zero-order chi connectivity index (χ0) is 28.2. The molecule has 2 unspecified atom stereocenters. The van der Waals surface area contributed by atoms with E-state index in [-0.39, 0.29) is 23.3 Å². The predicted molar refractivity (Wildman–Crippen MR) is 154 cm³/mol. The Morgan fingerprint density at radius 1 is 0.811 bits per heavy atom. The quantitative estimate of drug-likeness (QED) is 0.152. The van der Waals surface area contributed by atoms with Crippen molar-refractivity contribution in [2.24, 2.45) is 5.41 Å². The molecule has 0 aromatic carbocycles. The van der Waals surface area contributed by atoms with Crippen LogP contribution in [0.5, 0.6) is 0 Å². The summed E-state index contributed by atoms with van der Waals surface area (Å²) in [6, 6.07) is 0. The predicted octanol–water partition coefficient (Wildman–Crippen LogP) is 7.61. The average molecular weight is 505 g/mol. The smallest absolute Gasteiger partial charge is 0.302 e. The fraction of sp³-hybridized carbons (Fsp3) is 0.424. The van der Waals surface area contributed by atoms with Crippen molar-refractivity contribution in [3.05, 3.63) is 100 Å². The van der Waals surface area contributed by atoms with Gasteiger partial charge in [0.1, 0.15) is 6.10 Å². The fourth-order valence-electron chi connectivity index (χ4n) is 4.26. The van der Waals surface area contributed by atoms with E-state index in [1.807, 2.05) is 108 Å². The molecule has 0 aromatic rings. The van der Waals surface area contributed by atoms with Crippen LogP contribution in [0.2, 0.25) is 0 Å². The summed E-state index contributed by atoms with van der Waals surface area (Å²) in [4.78, 5) is 22.6. The summed E-state index contributed by atoms with van der Waals surface area (Å²) in [5.41, 5.74) is 6.68. The van der Waals surface area contributed by atoms with Crippen molar-refractivity contribution in [1.29, 1.82) is 0 Å². The number of Topliss-reactive ketones (excluding diaryl/α,β-unsaturated/α-hetero) is 1. The van der Waals surface area contributed by atoms with E-state index in [1.165, 1.54) is 6.92 Å². The maximum atomic E-state index is 11.4. The molecule has 200 valence electrons. The van der Waals surface area contributed by atoms with Crippen molar-refractivity contribution in [1.82, 2.24) is 0 Å². The SMILES string of the molecule is CC(=O)OC1CC(C)(C)C(=C=C/C(C)=C/C=C/C(C)=C/C=C/C=C(C)/C=C/C=C(\C)C(C)=O)C(C)(O)C1. The molecule has 0 amide bonds. The van der Waals surface area contributed by atoms with Gasteiger partial charge in [0.2, 0.25) is 0 Å². The first-order valence-electron chi connectivity index (χ1n) is 12.7. The van der Waals surface area contributed by atoms with E-state index in [9.17, 15) is 14.7 Å². The molecule has 0 aromatic heterocycles. The van der Waals surface area contributed by atoms with Crippen LogP contribution in [0.1, 0.15) is 75.2 Å². The lowest BCUT2D eigenvalue weighted by Crippen LogP contribution is -2.46. The van der Waals surface area contributed by atoms with Gasteiger partial charge in [-0.15, -0.1) is 5.73 Å². The van der Waals surface area contributed by atoms with Crippen LogP contribution in [-0.4, -0.2) is 28.6 Å². The largest absolute Gasteiger partial charge is 0.462 e. The van der Waals surface area contributed by atoms with E-state index in [2.05, 4.69) is 5.73 Å². The maximum Gasteiger partial charge on any atom is 0.302 e. The Morgan fingerprint density at radius 2 is 1.32 bits per heavy atom. The molecule has 1 saturated carbocycles. The molecule has 4 nitrogen and oxygen atoms in total. The Balaban J connectivity index is 2.84. The number of ether oxygens (including phenoxy) is 1. The lowest BCUT2D eigenvalue weighted by molar-refractivity contribution is -0.152. The van der Waals surface area contributed by atoms with Crippen LogP contribution >= 0.6 is 0 Å². The lowest BCUT2D eigenvalue weighted by atomic mass is 9.65. The molecule has 0 heterocycles. The van der Waals surface area contributed by atoms with Gasteiger partial charge in [-0.25, -0.2) is 0 Å². The second kappa shape index (κ2) is 14.5. The summed E-state index contributed by atoms with van der Waals surface area (Å²) < 4.78 is 5.39. The highest BCUT2D eigenvalue weighted by atomic mass is 16.5. The van der Waals surface area contributed by atoms with Gasteiger partial charge in [0, 0.05) is 18.9 Å². The van der Waals surface area contributed by atoms with Crippen molar-refractivity contribution >= 4 is 11.8 Å². The van der Waals surface area contributed by atoms with Crippen LogP contribution in [0.25, 0.3) is 0 Å².